The second-order valence-corrected chi connectivity index (χ2v) is 3.92. The second-order valence-electron chi connectivity index (χ2n) is 3.92. The molecule has 2 N–H and O–H groups in total. The highest BCUT2D eigenvalue weighted by atomic mass is 16.3. The van der Waals surface area contributed by atoms with Gasteiger partial charge in [0, 0.05) is 0 Å². The SMILES string of the molecule is O[C@@H]1C(C2=CCCCC2)=CC=C[C@@H]1O. The molecule has 0 radical (unpaired) electrons. The van der Waals surface area contributed by atoms with Crippen LogP contribution in [0.25, 0.3) is 0 Å². The Labute approximate surface area is 84.3 Å². The number of aliphatic hydroxyl groups excluding tert-OH is 2. The van der Waals surface area contributed by atoms with E-state index in [1.165, 1.54) is 18.4 Å². The van der Waals surface area contributed by atoms with Crippen LogP contribution < -0.4 is 0 Å². The van der Waals surface area contributed by atoms with Crippen LogP contribution in [-0.2, 0) is 0 Å². The van der Waals surface area contributed by atoms with E-state index in [2.05, 4.69) is 6.08 Å². The van der Waals surface area contributed by atoms with Crippen molar-refractivity contribution >= 4 is 0 Å². The van der Waals surface area contributed by atoms with Gasteiger partial charge in [-0.15, -0.1) is 0 Å². The molecule has 0 aliphatic heterocycles. The maximum absolute atomic E-state index is 9.78. The van der Waals surface area contributed by atoms with Gasteiger partial charge in [0.25, 0.3) is 0 Å². The van der Waals surface area contributed by atoms with Crippen LogP contribution in [0.15, 0.2) is 35.5 Å². The van der Waals surface area contributed by atoms with Crippen molar-refractivity contribution in [1.82, 2.24) is 0 Å². The minimum absolute atomic E-state index is 0.732. The summed E-state index contributed by atoms with van der Waals surface area (Å²) in [6.07, 6.45) is 10.6. The van der Waals surface area contributed by atoms with Crippen LogP contribution in [0, 0.1) is 0 Å². The molecule has 0 bridgehead atoms. The molecule has 2 aliphatic carbocycles. The average Bonchev–Trinajstić information content (AvgIpc) is 2.23. The molecule has 2 heteroatoms. The third-order valence-corrected chi connectivity index (χ3v) is 2.89. The highest BCUT2D eigenvalue weighted by Crippen LogP contribution is 2.28. The minimum atomic E-state index is -0.738. The van der Waals surface area contributed by atoms with Crippen molar-refractivity contribution in [3.05, 3.63) is 35.5 Å². The van der Waals surface area contributed by atoms with Crippen molar-refractivity contribution in [2.24, 2.45) is 0 Å². The molecule has 0 unspecified atom stereocenters. The molecular weight excluding hydrogens is 176 g/mol. The topological polar surface area (TPSA) is 40.5 Å². The van der Waals surface area contributed by atoms with Crippen LogP contribution in [0.5, 0.6) is 0 Å². The Morgan fingerprint density at radius 1 is 1.21 bits per heavy atom. The van der Waals surface area contributed by atoms with Crippen LogP contribution in [0.4, 0.5) is 0 Å². The van der Waals surface area contributed by atoms with Gasteiger partial charge in [-0.3, -0.25) is 0 Å². The lowest BCUT2D eigenvalue weighted by Crippen LogP contribution is -2.28. The predicted octanol–water partition coefficient (Wildman–Crippen LogP) is 1.70. The van der Waals surface area contributed by atoms with Crippen molar-refractivity contribution in [3.63, 3.8) is 0 Å². The molecule has 0 saturated heterocycles. The molecule has 0 amide bonds. The summed E-state index contributed by atoms with van der Waals surface area (Å²) in [7, 11) is 0. The van der Waals surface area contributed by atoms with Gasteiger partial charge in [-0.1, -0.05) is 24.3 Å². The van der Waals surface area contributed by atoms with Gasteiger partial charge in [0.05, 0.1) is 0 Å². The molecule has 2 rings (SSSR count). The lowest BCUT2D eigenvalue weighted by molar-refractivity contribution is 0.0725. The molecule has 14 heavy (non-hydrogen) atoms. The van der Waals surface area contributed by atoms with Crippen LogP contribution >= 0.6 is 0 Å². The zero-order valence-electron chi connectivity index (χ0n) is 8.19. The van der Waals surface area contributed by atoms with E-state index in [0.717, 1.165) is 18.4 Å². The fraction of sp³-hybridized carbons (Fsp3) is 0.500. The number of hydrogen-bond donors (Lipinski definition) is 2. The number of rotatable bonds is 1. The van der Waals surface area contributed by atoms with Crippen molar-refractivity contribution in [2.45, 2.75) is 37.9 Å². The molecule has 0 saturated carbocycles. The highest BCUT2D eigenvalue weighted by Gasteiger charge is 2.23. The fourth-order valence-electron chi connectivity index (χ4n) is 2.06. The van der Waals surface area contributed by atoms with Gasteiger partial charge in [0.1, 0.15) is 12.2 Å². The Bertz CT molecular complexity index is 299. The predicted molar refractivity (Wildman–Crippen MR) is 55.8 cm³/mol. The first kappa shape index (κ1) is 9.69. The summed E-state index contributed by atoms with van der Waals surface area (Å²) in [5, 5.41) is 19.3. The van der Waals surface area contributed by atoms with E-state index in [9.17, 15) is 10.2 Å². The largest absolute Gasteiger partial charge is 0.386 e. The first-order chi connectivity index (χ1) is 6.79. The zero-order chi connectivity index (χ0) is 9.97. The van der Waals surface area contributed by atoms with E-state index in [1.807, 2.05) is 12.2 Å². The van der Waals surface area contributed by atoms with E-state index in [4.69, 9.17) is 0 Å². The molecule has 0 spiro atoms. The molecule has 2 aliphatic rings. The first-order valence-electron chi connectivity index (χ1n) is 5.23. The normalized spacial score (nSPS) is 32.4. The monoisotopic (exact) mass is 192 g/mol. The van der Waals surface area contributed by atoms with E-state index in [-0.39, 0.29) is 0 Å². The maximum Gasteiger partial charge on any atom is 0.109 e. The summed E-state index contributed by atoms with van der Waals surface area (Å²) in [5.41, 5.74) is 2.12. The van der Waals surface area contributed by atoms with E-state index in [1.54, 1.807) is 6.08 Å². The summed E-state index contributed by atoms with van der Waals surface area (Å²) in [6, 6.07) is 0. The molecule has 0 aromatic heterocycles. The van der Waals surface area contributed by atoms with Gasteiger partial charge in [0.15, 0.2) is 0 Å². The van der Waals surface area contributed by atoms with E-state index >= 15 is 0 Å². The van der Waals surface area contributed by atoms with Crippen LogP contribution in [-0.4, -0.2) is 22.4 Å². The third kappa shape index (κ3) is 1.81. The van der Waals surface area contributed by atoms with Crippen molar-refractivity contribution < 1.29 is 10.2 Å². The maximum atomic E-state index is 9.78. The Hall–Kier alpha value is -0.860. The molecule has 0 aromatic rings. The highest BCUT2D eigenvalue weighted by molar-refractivity contribution is 5.41. The molecule has 0 fully saturated rings. The Balaban J connectivity index is 2.20. The van der Waals surface area contributed by atoms with Gasteiger partial charge in [-0.25, -0.2) is 0 Å². The minimum Gasteiger partial charge on any atom is -0.386 e. The third-order valence-electron chi connectivity index (χ3n) is 2.89. The second kappa shape index (κ2) is 4.11. The molecular formula is C12H16O2. The van der Waals surface area contributed by atoms with Crippen LogP contribution in [0.3, 0.4) is 0 Å². The van der Waals surface area contributed by atoms with Gasteiger partial charge in [0.2, 0.25) is 0 Å². The summed E-state index contributed by atoms with van der Waals surface area (Å²) in [4.78, 5) is 0. The smallest absolute Gasteiger partial charge is 0.109 e. The van der Waals surface area contributed by atoms with Gasteiger partial charge in [-0.2, -0.15) is 0 Å². The van der Waals surface area contributed by atoms with E-state index in [0.29, 0.717) is 0 Å². The molecule has 2 nitrogen and oxygen atoms in total. The summed E-state index contributed by atoms with van der Waals surface area (Å²) in [6.45, 7) is 0. The Morgan fingerprint density at radius 3 is 2.79 bits per heavy atom. The summed E-state index contributed by atoms with van der Waals surface area (Å²) >= 11 is 0. The number of hydrogen-bond acceptors (Lipinski definition) is 2. The van der Waals surface area contributed by atoms with E-state index < -0.39 is 12.2 Å². The molecule has 2 atom stereocenters. The quantitative estimate of drug-likeness (QED) is 0.664. The van der Waals surface area contributed by atoms with Gasteiger partial charge in [-0.05, 0) is 36.8 Å². The lowest BCUT2D eigenvalue weighted by Gasteiger charge is -2.25. The fourth-order valence-corrected chi connectivity index (χ4v) is 2.06. The Kier molecular flexibility index (Phi) is 2.85. The summed E-state index contributed by atoms with van der Waals surface area (Å²) in [5.74, 6) is 0. The van der Waals surface area contributed by atoms with Crippen molar-refractivity contribution in [1.29, 1.82) is 0 Å². The zero-order valence-corrected chi connectivity index (χ0v) is 8.19. The number of allylic oxidation sites excluding steroid dienone is 3. The van der Waals surface area contributed by atoms with Crippen LogP contribution in [0.2, 0.25) is 0 Å². The molecule has 76 valence electrons. The number of aliphatic hydroxyl groups is 2. The van der Waals surface area contributed by atoms with Crippen molar-refractivity contribution in [3.8, 4) is 0 Å². The Morgan fingerprint density at radius 2 is 2.07 bits per heavy atom. The summed E-state index contributed by atoms with van der Waals surface area (Å²) < 4.78 is 0. The van der Waals surface area contributed by atoms with Crippen LogP contribution in [0.1, 0.15) is 25.7 Å². The van der Waals surface area contributed by atoms with Gasteiger partial charge < -0.3 is 10.2 Å². The molecule has 0 aromatic carbocycles. The lowest BCUT2D eigenvalue weighted by atomic mass is 9.87. The average molecular weight is 192 g/mol. The molecule has 0 heterocycles. The first-order valence-corrected chi connectivity index (χ1v) is 5.23. The van der Waals surface area contributed by atoms with Crippen molar-refractivity contribution in [2.75, 3.05) is 0 Å². The standard InChI is InChI=1S/C12H16O2/c13-11-8-4-7-10(12(11)14)9-5-2-1-3-6-9/h4-5,7-8,11-14H,1-3,6H2/t11-,12+/m0/s1. The van der Waals surface area contributed by atoms with Gasteiger partial charge >= 0.3 is 0 Å².